The molecular formula is C64H114NO8P. The quantitative estimate of drug-likeness (QED) is 0.0195. The highest BCUT2D eigenvalue weighted by atomic mass is 31.2. The standard InChI is InChI=1S/C64H114NO8P/c1-6-8-10-12-14-16-18-20-22-24-26-28-29-30-31-32-33-34-35-37-38-40-42-44-46-48-50-52-54-56-63(66)70-60-62(61-72-74(68,69)71-59-58-65(3,4)5)73-64(67)57-55-53-51-49-47-45-43-41-39-36-27-25-23-21-19-17-15-13-11-9-7-2/h9,11,15,17-18,20-21,23-24,26-27,36,41,43,62H,6-8,10,12-14,16,19,22,25,28-35,37-40,42,44-61H2,1-5H3/b11-9-,17-15-,20-18-,23-21-,26-24-,36-27-,43-41-. The van der Waals surface area contributed by atoms with Crippen molar-refractivity contribution in [3.8, 4) is 0 Å². The van der Waals surface area contributed by atoms with E-state index in [0.29, 0.717) is 17.4 Å². The van der Waals surface area contributed by atoms with Gasteiger partial charge in [-0.25, -0.2) is 0 Å². The Morgan fingerprint density at radius 3 is 1.15 bits per heavy atom. The predicted molar refractivity (Wildman–Crippen MR) is 314 cm³/mol. The summed E-state index contributed by atoms with van der Waals surface area (Å²) in [5.41, 5.74) is 0. The molecule has 0 radical (unpaired) electrons. The van der Waals surface area contributed by atoms with Gasteiger partial charge in [0.05, 0.1) is 27.7 Å². The van der Waals surface area contributed by atoms with Crippen LogP contribution in [-0.2, 0) is 32.7 Å². The highest BCUT2D eigenvalue weighted by molar-refractivity contribution is 7.45. The Hall–Kier alpha value is -2.81. The summed E-state index contributed by atoms with van der Waals surface area (Å²) < 4.78 is 34.2. The number of nitrogens with zero attached hydrogens (tertiary/aromatic N) is 1. The average Bonchev–Trinajstić information content (AvgIpc) is 3.36. The third-order valence-electron chi connectivity index (χ3n) is 12.9. The van der Waals surface area contributed by atoms with E-state index in [4.69, 9.17) is 18.5 Å². The molecule has 2 unspecified atom stereocenters. The van der Waals surface area contributed by atoms with Crippen molar-refractivity contribution in [1.82, 2.24) is 0 Å². The van der Waals surface area contributed by atoms with Gasteiger partial charge in [0.2, 0.25) is 0 Å². The van der Waals surface area contributed by atoms with Gasteiger partial charge in [0, 0.05) is 12.8 Å². The van der Waals surface area contributed by atoms with Gasteiger partial charge in [0.25, 0.3) is 7.82 Å². The number of unbranched alkanes of at least 4 members (excludes halogenated alkanes) is 27. The monoisotopic (exact) mass is 1060 g/mol. The molecule has 0 aliphatic rings. The van der Waals surface area contributed by atoms with E-state index in [1.165, 1.54) is 135 Å². The van der Waals surface area contributed by atoms with E-state index in [-0.39, 0.29) is 32.0 Å². The van der Waals surface area contributed by atoms with E-state index in [1.54, 1.807) is 0 Å². The normalized spacial score (nSPS) is 13.9. The van der Waals surface area contributed by atoms with E-state index >= 15 is 0 Å². The van der Waals surface area contributed by atoms with Crippen molar-refractivity contribution in [3.63, 3.8) is 0 Å². The Bertz CT molecular complexity index is 1520. The van der Waals surface area contributed by atoms with Crippen molar-refractivity contribution in [2.75, 3.05) is 47.5 Å². The molecular weight excluding hydrogens is 942 g/mol. The lowest BCUT2D eigenvalue weighted by Gasteiger charge is -2.28. The molecule has 2 atom stereocenters. The Balaban J connectivity index is 4.14. The number of esters is 2. The molecule has 0 amide bonds. The molecule has 0 saturated heterocycles. The zero-order valence-electron chi connectivity index (χ0n) is 48.5. The summed E-state index contributed by atoms with van der Waals surface area (Å²) in [5.74, 6) is -0.853. The number of hydrogen-bond donors (Lipinski definition) is 0. The maximum atomic E-state index is 12.8. The maximum absolute atomic E-state index is 12.8. The van der Waals surface area contributed by atoms with Crippen LogP contribution in [0.5, 0.6) is 0 Å². The van der Waals surface area contributed by atoms with Crippen LogP contribution in [0.4, 0.5) is 0 Å². The second kappa shape index (κ2) is 55.0. The molecule has 9 nitrogen and oxygen atoms in total. The fourth-order valence-corrected chi connectivity index (χ4v) is 8.97. The Morgan fingerprint density at radius 2 is 0.770 bits per heavy atom. The molecule has 0 heterocycles. The molecule has 0 saturated carbocycles. The lowest BCUT2D eigenvalue weighted by atomic mass is 10.0. The first-order valence-electron chi connectivity index (χ1n) is 30.3. The van der Waals surface area contributed by atoms with Gasteiger partial charge in [0.1, 0.15) is 19.8 Å². The summed E-state index contributed by atoms with van der Waals surface area (Å²) in [6.07, 6.45) is 73.5. The number of phosphoric acid groups is 1. The molecule has 0 bridgehead atoms. The first-order valence-corrected chi connectivity index (χ1v) is 31.8. The first-order chi connectivity index (χ1) is 36.0. The highest BCUT2D eigenvalue weighted by Crippen LogP contribution is 2.38. The van der Waals surface area contributed by atoms with Gasteiger partial charge < -0.3 is 27.9 Å². The zero-order valence-corrected chi connectivity index (χ0v) is 49.4. The third-order valence-corrected chi connectivity index (χ3v) is 13.9. The van der Waals surface area contributed by atoms with Crippen LogP contribution in [0.15, 0.2) is 85.1 Å². The molecule has 74 heavy (non-hydrogen) atoms. The van der Waals surface area contributed by atoms with E-state index in [0.717, 1.165) is 89.9 Å². The van der Waals surface area contributed by atoms with Gasteiger partial charge in [-0.3, -0.25) is 14.2 Å². The van der Waals surface area contributed by atoms with Crippen molar-refractivity contribution in [2.24, 2.45) is 0 Å². The lowest BCUT2D eigenvalue weighted by molar-refractivity contribution is -0.870. The van der Waals surface area contributed by atoms with Crippen LogP contribution in [0, 0.1) is 0 Å². The number of rotatable bonds is 55. The van der Waals surface area contributed by atoms with E-state index < -0.39 is 26.5 Å². The molecule has 0 aromatic carbocycles. The molecule has 0 rings (SSSR count). The second-order valence-electron chi connectivity index (χ2n) is 21.3. The number of hydrogen-bond acceptors (Lipinski definition) is 8. The van der Waals surface area contributed by atoms with Crippen molar-refractivity contribution in [2.45, 2.75) is 264 Å². The Kier molecular flexibility index (Phi) is 52.9. The first kappa shape index (κ1) is 71.2. The van der Waals surface area contributed by atoms with Crippen LogP contribution in [-0.4, -0.2) is 70.0 Å². The molecule has 0 fully saturated rings. The van der Waals surface area contributed by atoms with Gasteiger partial charge >= 0.3 is 11.9 Å². The molecule has 0 aromatic heterocycles. The van der Waals surface area contributed by atoms with Gasteiger partial charge in [-0.15, -0.1) is 0 Å². The lowest BCUT2D eigenvalue weighted by Crippen LogP contribution is -2.37. The largest absolute Gasteiger partial charge is 0.756 e. The van der Waals surface area contributed by atoms with Gasteiger partial charge in [-0.1, -0.05) is 240 Å². The van der Waals surface area contributed by atoms with Crippen molar-refractivity contribution in [3.05, 3.63) is 85.1 Å². The number of carbonyl (C=O) groups is 2. The number of phosphoric ester groups is 1. The molecule has 428 valence electrons. The number of ether oxygens (including phenoxy) is 2. The van der Waals surface area contributed by atoms with Crippen LogP contribution in [0.1, 0.15) is 258 Å². The van der Waals surface area contributed by atoms with Crippen LogP contribution >= 0.6 is 7.82 Å². The minimum Gasteiger partial charge on any atom is -0.756 e. The van der Waals surface area contributed by atoms with Gasteiger partial charge in [-0.2, -0.15) is 0 Å². The summed E-state index contributed by atoms with van der Waals surface area (Å²) in [4.78, 5) is 37.9. The van der Waals surface area contributed by atoms with Gasteiger partial charge in [-0.05, 0) is 89.9 Å². The predicted octanol–water partition coefficient (Wildman–Crippen LogP) is 18.4. The summed E-state index contributed by atoms with van der Waals surface area (Å²) in [6.45, 7) is 4.11. The second-order valence-corrected chi connectivity index (χ2v) is 22.7. The van der Waals surface area contributed by atoms with E-state index in [9.17, 15) is 19.0 Å². The number of quaternary nitrogens is 1. The highest BCUT2D eigenvalue weighted by Gasteiger charge is 2.22. The third kappa shape index (κ3) is 58.5. The SMILES string of the molecule is CC/C=C\C/C=C\C/C=C\C/C=C\C/C=C\CCCCCCCC(=O)OC(COC(=O)CCCCCCCCCCCCCCCCCCC/C=C\C/C=C\CCCCCCC)COP(=O)([O-])OCC[N+](C)(C)C. The molecule has 0 N–H and O–H groups in total. The molecule has 0 spiro atoms. The number of allylic oxidation sites excluding steroid dienone is 14. The molecule has 10 heteroatoms. The minimum atomic E-state index is -4.65. The number of carbonyl (C=O) groups excluding carboxylic acids is 2. The van der Waals surface area contributed by atoms with E-state index in [2.05, 4.69) is 98.9 Å². The van der Waals surface area contributed by atoms with Crippen LogP contribution in [0.25, 0.3) is 0 Å². The molecule has 0 aliphatic heterocycles. The summed E-state index contributed by atoms with van der Waals surface area (Å²) in [5, 5.41) is 0. The summed E-state index contributed by atoms with van der Waals surface area (Å²) in [6, 6.07) is 0. The average molecular weight is 1060 g/mol. The minimum absolute atomic E-state index is 0.0381. The smallest absolute Gasteiger partial charge is 0.306 e. The van der Waals surface area contributed by atoms with Gasteiger partial charge in [0.15, 0.2) is 6.10 Å². The van der Waals surface area contributed by atoms with Crippen molar-refractivity contribution < 1.29 is 42.1 Å². The fraction of sp³-hybridized carbons (Fsp3) is 0.750. The molecule has 0 aliphatic carbocycles. The fourth-order valence-electron chi connectivity index (χ4n) is 8.24. The topological polar surface area (TPSA) is 111 Å². The van der Waals surface area contributed by atoms with Crippen LogP contribution in [0.2, 0.25) is 0 Å². The van der Waals surface area contributed by atoms with Crippen LogP contribution < -0.4 is 4.89 Å². The molecule has 0 aromatic rings. The van der Waals surface area contributed by atoms with Crippen LogP contribution in [0.3, 0.4) is 0 Å². The maximum Gasteiger partial charge on any atom is 0.306 e. The van der Waals surface area contributed by atoms with Crippen molar-refractivity contribution >= 4 is 19.8 Å². The van der Waals surface area contributed by atoms with E-state index in [1.807, 2.05) is 21.1 Å². The summed E-state index contributed by atoms with van der Waals surface area (Å²) in [7, 11) is 1.15. The zero-order chi connectivity index (χ0) is 54.2. The summed E-state index contributed by atoms with van der Waals surface area (Å²) >= 11 is 0. The number of likely N-dealkylation sites (N-methyl/N-ethyl adjacent to an activating group) is 1. The Morgan fingerprint density at radius 1 is 0.432 bits per heavy atom. The van der Waals surface area contributed by atoms with Crippen molar-refractivity contribution in [1.29, 1.82) is 0 Å². The Labute approximate surface area is 456 Å².